The fourth-order valence-electron chi connectivity index (χ4n) is 3.31. The Balaban J connectivity index is 1.67. The van der Waals surface area contributed by atoms with Gasteiger partial charge >= 0.3 is 12.1 Å². The van der Waals surface area contributed by atoms with E-state index in [4.69, 9.17) is 4.74 Å². The summed E-state index contributed by atoms with van der Waals surface area (Å²) in [4.78, 5) is 13.2. The smallest absolute Gasteiger partial charge is 0.395 e. The van der Waals surface area contributed by atoms with Crippen molar-refractivity contribution in [2.45, 2.75) is 25.6 Å². The molecule has 0 radical (unpaired) electrons. The molecular formula is C22H18F3N3O3. The minimum Gasteiger partial charge on any atom is -0.478 e. The summed E-state index contributed by atoms with van der Waals surface area (Å²) in [5, 5.41) is 18.5. The summed E-state index contributed by atoms with van der Waals surface area (Å²) in [5.41, 5.74) is 2.76. The van der Waals surface area contributed by atoms with E-state index >= 15 is 0 Å². The van der Waals surface area contributed by atoms with Crippen LogP contribution in [0.2, 0.25) is 0 Å². The van der Waals surface area contributed by atoms with Crippen molar-refractivity contribution in [2.75, 3.05) is 0 Å². The second-order valence-electron chi connectivity index (χ2n) is 7.23. The molecule has 1 aliphatic carbocycles. The Morgan fingerprint density at radius 1 is 1.19 bits per heavy atom. The van der Waals surface area contributed by atoms with E-state index in [1.807, 2.05) is 19.1 Å². The zero-order valence-electron chi connectivity index (χ0n) is 16.4. The monoisotopic (exact) mass is 429 g/mol. The maximum Gasteiger partial charge on any atom is 0.395 e. The van der Waals surface area contributed by atoms with Crippen LogP contribution in [-0.2, 0) is 4.79 Å². The molecule has 0 saturated carbocycles. The lowest BCUT2D eigenvalue weighted by molar-refractivity contribution is -0.160. The molecule has 31 heavy (non-hydrogen) atoms. The van der Waals surface area contributed by atoms with Crippen LogP contribution in [0.4, 0.5) is 13.2 Å². The number of carboxylic acid groups (broad SMARTS) is 1. The predicted molar refractivity (Wildman–Crippen MR) is 107 cm³/mol. The van der Waals surface area contributed by atoms with Crippen molar-refractivity contribution in [3.63, 3.8) is 0 Å². The van der Waals surface area contributed by atoms with Gasteiger partial charge in [0, 0.05) is 0 Å². The summed E-state index contributed by atoms with van der Waals surface area (Å²) < 4.78 is 44.5. The van der Waals surface area contributed by atoms with Gasteiger partial charge in [-0.15, -0.1) is 15.0 Å². The van der Waals surface area contributed by atoms with Gasteiger partial charge in [0.2, 0.25) is 6.10 Å². The molecule has 1 N–H and O–H groups in total. The third kappa shape index (κ3) is 4.30. The van der Waals surface area contributed by atoms with Crippen LogP contribution in [-0.4, -0.2) is 38.3 Å². The first-order valence-electron chi connectivity index (χ1n) is 9.50. The molecule has 2 unspecified atom stereocenters. The topological polar surface area (TPSA) is 77.2 Å². The highest BCUT2D eigenvalue weighted by Crippen LogP contribution is 2.34. The van der Waals surface area contributed by atoms with Crippen molar-refractivity contribution in [3.8, 4) is 11.4 Å². The molecule has 0 fully saturated rings. The highest BCUT2D eigenvalue weighted by molar-refractivity contribution is 5.78. The first-order chi connectivity index (χ1) is 14.7. The summed E-state index contributed by atoms with van der Waals surface area (Å²) in [5.74, 6) is -2.75. The quantitative estimate of drug-likeness (QED) is 0.640. The van der Waals surface area contributed by atoms with Crippen LogP contribution in [0.25, 0.3) is 16.7 Å². The molecule has 0 aliphatic heterocycles. The average molecular weight is 429 g/mol. The predicted octanol–water partition coefficient (Wildman–Crippen LogP) is 4.63. The zero-order valence-corrected chi connectivity index (χ0v) is 16.4. The fourth-order valence-corrected chi connectivity index (χ4v) is 3.31. The number of carbonyl (C=O) groups is 1. The number of aromatic nitrogens is 3. The van der Waals surface area contributed by atoms with Gasteiger partial charge in [-0.2, -0.15) is 13.2 Å². The van der Waals surface area contributed by atoms with Gasteiger partial charge in [0.25, 0.3) is 0 Å². The Bertz CT molecular complexity index is 1160. The molecule has 3 aromatic rings. The molecule has 6 nitrogen and oxygen atoms in total. The summed E-state index contributed by atoms with van der Waals surface area (Å²) >= 11 is 0. The summed E-state index contributed by atoms with van der Waals surface area (Å²) in [6.45, 7) is 1.86. The van der Waals surface area contributed by atoms with Gasteiger partial charge in [0.1, 0.15) is 22.5 Å². The molecule has 2 aromatic carbocycles. The van der Waals surface area contributed by atoms with Crippen molar-refractivity contribution in [3.05, 3.63) is 71.8 Å². The van der Waals surface area contributed by atoms with E-state index in [1.54, 1.807) is 30.3 Å². The molecule has 1 aromatic heterocycles. The minimum atomic E-state index is -4.38. The van der Waals surface area contributed by atoms with E-state index in [1.165, 1.54) is 10.9 Å². The lowest BCUT2D eigenvalue weighted by Crippen LogP contribution is -2.31. The van der Waals surface area contributed by atoms with Gasteiger partial charge in [0.15, 0.2) is 0 Å². The molecule has 0 bridgehead atoms. The molecule has 1 heterocycles. The van der Waals surface area contributed by atoms with Gasteiger partial charge in [0.05, 0.1) is 5.92 Å². The van der Waals surface area contributed by atoms with Crippen LogP contribution < -0.4 is 4.74 Å². The summed E-state index contributed by atoms with van der Waals surface area (Å²) in [7, 11) is 0. The van der Waals surface area contributed by atoms with E-state index in [2.05, 4.69) is 10.2 Å². The second kappa shape index (κ2) is 7.90. The van der Waals surface area contributed by atoms with Crippen LogP contribution in [0.3, 0.4) is 0 Å². The lowest BCUT2D eigenvalue weighted by atomic mass is 9.93. The molecule has 0 saturated heterocycles. The molecule has 0 spiro atoms. The third-order valence-corrected chi connectivity index (χ3v) is 4.94. The highest BCUT2D eigenvalue weighted by Gasteiger charge is 2.39. The molecule has 9 heteroatoms. The molecule has 4 rings (SSSR count). The van der Waals surface area contributed by atoms with Crippen molar-refractivity contribution in [2.24, 2.45) is 5.92 Å². The third-order valence-electron chi connectivity index (χ3n) is 4.94. The van der Waals surface area contributed by atoms with Crippen LogP contribution >= 0.6 is 0 Å². The number of carboxylic acids is 1. The van der Waals surface area contributed by atoms with Crippen LogP contribution in [0.5, 0.6) is 5.75 Å². The Labute approximate surface area is 175 Å². The van der Waals surface area contributed by atoms with Gasteiger partial charge in [-0.1, -0.05) is 36.4 Å². The number of ether oxygens (including phenoxy) is 1. The minimum absolute atomic E-state index is 0.151. The van der Waals surface area contributed by atoms with Crippen LogP contribution in [0.15, 0.2) is 66.3 Å². The maximum absolute atomic E-state index is 12.9. The van der Waals surface area contributed by atoms with Gasteiger partial charge < -0.3 is 9.84 Å². The molecular weight excluding hydrogens is 411 g/mol. The van der Waals surface area contributed by atoms with E-state index in [0.717, 1.165) is 17.7 Å². The number of hydrogen-bond acceptors (Lipinski definition) is 4. The number of allylic oxidation sites excluding steroid dienone is 2. The van der Waals surface area contributed by atoms with Gasteiger partial charge in [-0.25, -0.2) is 4.79 Å². The van der Waals surface area contributed by atoms with Crippen molar-refractivity contribution < 1.29 is 27.8 Å². The number of benzene rings is 2. The fraction of sp³-hybridized carbons (Fsp3) is 0.227. The van der Waals surface area contributed by atoms with Crippen LogP contribution in [0, 0.1) is 12.8 Å². The van der Waals surface area contributed by atoms with E-state index in [-0.39, 0.29) is 17.7 Å². The van der Waals surface area contributed by atoms with E-state index < -0.39 is 24.2 Å². The Hall–Kier alpha value is -3.62. The zero-order chi connectivity index (χ0) is 22.2. The number of nitrogens with zero attached hydrogens (tertiary/aromatic N) is 3. The number of alkyl halides is 3. The number of aliphatic carboxylic acids is 1. The number of halogens is 3. The van der Waals surface area contributed by atoms with Gasteiger partial charge in [-0.05, 0) is 48.7 Å². The number of aryl methyl sites for hydroxylation is 1. The van der Waals surface area contributed by atoms with Crippen molar-refractivity contribution in [1.29, 1.82) is 0 Å². The summed E-state index contributed by atoms with van der Waals surface area (Å²) in [6.07, 6.45) is -2.81. The Morgan fingerprint density at radius 3 is 2.42 bits per heavy atom. The lowest BCUT2D eigenvalue weighted by Gasteiger charge is -2.23. The standard InChI is InChI=1S/C22H18F3N3O3/c1-13-6-11-19(18(12-13)28-26-16-4-2-3-5-17(16)27-28)31-20(21(29)30)14-7-9-15(10-8-14)22(23,24)25/h2-9,11-12,15,20H,10H2,1H3,(H,29,30). The normalized spacial score (nSPS) is 17.4. The van der Waals surface area contributed by atoms with Crippen molar-refractivity contribution in [1.82, 2.24) is 15.0 Å². The Morgan fingerprint density at radius 2 is 1.87 bits per heavy atom. The average Bonchev–Trinajstić information content (AvgIpc) is 3.16. The van der Waals surface area contributed by atoms with E-state index in [9.17, 15) is 23.1 Å². The molecule has 0 amide bonds. The molecule has 1 aliphatic rings. The Kier molecular flexibility index (Phi) is 5.26. The number of hydrogen-bond donors (Lipinski definition) is 1. The second-order valence-corrected chi connectivity index (χ2v) is 7.23. The first-order valence-corrected chi connectivity index (χ1v) is 9.50. The maximum atomic E-state index is 12.9. The molecule has 2 atom stereocenters. The van der Waals surface area contributed by atoms with Crippen molar-refractivity contribution >= 4 is 17.0 Å². The van der Waals surface area contributed by atoms with Crippen LogP contribution in [0.1, 0.15) is 12.0 Å². The van der Waals surface area contributed by atoms with E-state index in [0.29, 0.717) is 16.7 Å². The summed E-state index contributed by atoms with van der Waals surface area (Å²) in [6, 6.07) is 12.3. The van der Waals surface area contributed by atoms with Gasteiger partial charge in [-0.3, -0.25) is 0 Å². The molecule has 160 valence electrons. The first kappa shape index (κ1) is 20.6. The SMILES string of the molecule is Cc1ccc(OC(C(=O)O)C2=CCC(C(F)(F)F)C=C2)c(-n2nc3ccccc3n2)c1. The highest BCUT2D eigenvalue weighted by atomic mass is 19.4. The number of fused-ring (bicyclic) bond motifs is 1. The largest absolute Gasteiger partial charge is 0.478 e. The number of rotatable bonds is 5.